The van der Waals surface area contributed by atoms with Gasteiger partial charge in [-0.1, -0.05) is 22.9 Å². The van der Waals surface area contributed by atoms with Crippen molar-refractivity contribution in [3.05, 3.63) is 0 Å². The second-order valence-corrected chi connectivity index (χ2v) is 2.20. The summed E-state index contributed by atoms with van der Waals surface area (Å²) < 4.78 is 4.75. The van der Waals surface area contributed by atoms with Crippen molar-refractivity contribution in [2.45, 2.75) is 26.7 Å². The number of ether oxygens (including phenoxy) is 1. The molecule has 0 bridgehead atoms. The van der Waals surface area contributed by atoms with Crippen LogP contribution in [-0.2, 0) is 9.53 Å². The van der Waals surface area contributed by atoms with Gasteiger partial charge in [-0.25, -0.2) is 0 Å². The molecular formula is C7H15BrO3. The number of alkyl halides is 1. The van der Waals surface area contributed by atoms with Crippen molar-refractivity contribution in [1.29, 1.82) is 0 Å². The first-order chi connectivity index (χ1) is 5.18. The quantitative estimate of drug-likeness (QED) is 0.749. The summed E-state index contributed by atoms with van der Waals surface area (Å²) in [7, 11) is 0. The minimum absolute atomic E-state index is 0.292. The van der Waals surface area contributed by atoms with Crippen LogP contribution in [-0.4, -0.2) is 23.2 Å². The normalized spacial score (nSPS) is 8.27. The summed E-state index contributed by atoms with van der Waals surface area (Å²) in [6, 6.07) is 0. The predicted octanol–water partition coefficient (Wildman–Crippen LogP) is 2.25. The molecule has 0 atom stereocenters. The van der Waals surface area contributed by atoms with Crippen LogP contribution in [0.3, 0.4) is 0 Å². The molecule has 0 spiro atoms. The molecule has 0 aliphatic heterocycles. The monoisotopic (exact) mass is 226 g/mol. The average molecular weight is 227 g/mol. The Hall–Kier alpha value is -0.0900. The van der Waals surface area contributed by atoms with Crippen molar-refractivity contribution in [1.82, 2.24) is 0 Å². The van der Waals surface area contributed by atoms with Gasteiger partial charge in [-0.2, -0.15) is 0 Å². The molecular weight excluding hydrogens is 212 g/mol. The Morgan fingerprint density at radius 3 is 2.09 bits per heavy atom. The first-order valence-corrected chi connectivity index (χ1v) is 4.66. The van der Waals surface area contributed by atoms with Gasteiger partial charge in [-0.05, 0) is 13.3 Å². The van der Waals surface area contributed by atoms with Gasteiger partial charge < -0.3 is 9.84 Å². The van der Waals surface area contributed by atoms with E-state index in [2.05, 4.69) is 15.9 Å². The van der Waals surface area contributed by atoms with Crippen LogP contribution >= 0.6 is 15.9 Å². The van der Waals surface area contributed by atoms with E-state index in [1.165, 1.54) is 0 Å². The average Bonchev–Trinajstić information content (AvgIpc) is 1.90. The molecule has 1 N–H and O–H groups in total. The lowest BCUT2D eigenvalue weighted by atomic mass is 10.4. The van der Waals surface area contributed by atoms with Crippen molar-refractivity contribution in [2.24, 2.45) is 0 Å². The smallest absolute Gasteiger partial charge is 0.303 e. The zero-order valence-corrected chi connectivity index (χ0v) is 8.56. The van der Waals surface area contributed by atoms with Crippen LogP contribution in [0, 0.1) is 0 Å². The van der Waals surface area contributed by atoms with E-state index in [1.807, 2.05) is 13.8 Å². The Morgan fingerprint density at radius 1 is 1.55 bits per heavy atom. The maximum Gasteiger partial charge on any atom is 0.303 e. The zero-order chi connectivity index (χ0) is 9.11. The van der Waals surface area contributed by atoms with E-state index in [9.17, 15) is 4.79 Å². The number of carboxylic acid groups (broad SMARTS) is 1. The first kappa shape index (κ1) is 13.5. The molecule has 0 aliphatic rings. The minimum atomic E-state index is -0.711. The van der Waals surface area contributed by atoms with Gasteiger partial charge >= 0.3 is 5.97 Å². The van der Waals surface area contributed by atoms with Crippen molar-refractivity contribution < 1.29 is 14.6 Å². The third kappa shape index (κ3) is 25.7. The Bertz CT molecular complexity index is 83.8. The van der Waals surface area contributed by atoms with E-state index < -0.39 is 5.97 Å². The number of carbonyl (C=O) groups is 1. The summed E-state index contributed by atoms with van der Waals surface area (Å²) in [4.78, 5) is 9.60. The summed E-state index contributed by atoms with van der Waals surface area (Å²) in [5.74, 6) is -0.711. The van der Waals surface area contributed by atoms with Crippen LogP contribution in [0.15, 0.2) is 0 Å². The third-order valence-corrected chi connectivity index (χ3v) is 1.07. The van der Waals surface area contributed by atoms with E-state index in [4.69, 9.17) is 9.84 Å². The van der Waals surface area contributed by atoms with Crippen molar-refractivity contribution >= 4 is 21.9 Å². The number of aliphatic carboxylic acids is 1. The van der Waals surface area contributed by atoms with E-state index in [-0.39, 0.29) is 0 Å². The Labute approximate surface area is 75.9 Å². The number of carboxylic acids is 1. The lowest BCUT2D eigenvalue weighted by molar-refractivity contribution is -0.137. The van der Waals surface area contributed by atoms with Gasteiger partial charge in [0.15, 0.2) is 0 Å². The second-order valence-electron chi connectivity index (χ2n) is 1.75. The second kappa shape index (κ2) is 12.6. The highest BCUT2D eigenvalue weighted by Crippen LogP contribution is 1.82. The predicted molar refractivity (Wildman–Crippen MR) is 48.0 cm³/mol. The van der Waals surface area contributed by atoms with Gasteiger partial charge in [0.2, 0.25) is 0 Å². The molecule has 0 unspecified atom stereocenters. The van der Waals surface area contributed by atoms with Gasteiger partial charge in [0.25, 0.3) is 0 Å². The number of hydrogen-bond acceptors (Lipinski definition) is 2. The molecule has 3 nitrogen and oxygen atoms in total. The summed E-state index contributed by atoms with van der Waals surface area (Å²) in [5.41, 5.74) is 0.656. The van der Waals surface area contributed by atoms with E-state index in [0.29, 0.717) is 11.9 Å². The molecule has 68 valence electrons. The highest BCUT2D eigenvalue weighted by molar-refractivity contribution is 9.09. The van der Waals surface area contributed by atoms with Crippen LogP contribution in [0.25, 0.3) is 0 Å². The molecule has 0 aromatic carbocycles. The molecule has 11 heavy (non-hydrogen) atoms. The molecule has 0 rings (SSSR count). The highest BCUT2D eigenvalue weighted by atomic mass is 79.9. The molecule has 0 radical (unpaired) electrons. The summed E-state index contributed by atoms with van der Waals surface area (Å²) >= 11 is 3.09. The van der Waals surface area contributed by atoms with Crippen LogP contribution in [0.5, 0.6) is 0 Å². The van der Waals surface area contributed by atoms with Gasteiger partial charge in [-0.3, -0.25) is 4.79 Å². The maximum atomic E-state index is 9.60. The fraction of sp³-hybridized carbons (Fsp3) is 0.857. The molecule has 0 heterocycles. The molecule has 0 saturated heterocycles. The van der Waals surface area contributed by atoms with Crippen molar-refractivity contribution in [2.75, 3.05) is 12.1 Å². The first-order valence-electron chi connectivity index (χ1n) is 3.54. The van der Waals surface area contributed by atoms with Gasteiger partial charge in [-0.15, -0.1) is 0 Å². The van der Waals surface area contributed by atoms with E-state index in [1.54, 1.807) is 0 Å². The molecule has 0 amide bonds. The minimum Gasteiger partial charge on any atom is -0.481 e. The Balaban J connectivity index is 0. The molecule has 0 aromatic heterocycles. The SMILES string of the molecule is CCCC(=O)O.CCOCBr. The standard InChI is InChI=1S/C4H8O2.C3H7BrO/c1-2-3-4(5)6;1-2-5-3-4/h2-3H2,1H3,(H,5,6);2-3H2,1H3. The van der Waals surface area contributed by atoms with Crippen LogP contribution < -0.4 is 0 Å². The van der Waals surface area contributed by atoms with Crippen LogP contribution in [0.4, 0.5) is 0 Å². The lowest BCUT2D eigenvalue weighted by Crippen LogP contribution is -1.90. The van der Waals surface area contributed by atoms with Gasteiger partial charge in [0.1, 0.15) is 5.52 Å². The Morgan fingerprint density at radius 2 is 2.09 bits per heavy atom. The molecule has 0 fully saturated rings. The van der Waals surface area contributed by atoms with Crippen LogP contribution in [0.1, 0.15) is 26.7 Å². The Kier molecular flexibility index (Phi) is 15.4. The van der Waals surface area contributed by atoms with E-state index >= 15 is 0 Å². The molecule has 0 aliphatic carbocycles. The molecule has 4 heteroatoms. The molecule has 0 aromatic rings. The fourth-order valence-corrected chi connectivity index (χ4v) is 0.615. The topological polar surface area (TPSA) is 46.5 Å². The zero-order valence-electron chi connectivity index (χ0n) is 6.97. The molecule has 0 saturated carbocycles. The highest BCUT2D eigenvalue weighted by Gasteiger charge is 1.87. The van der Waals surface area contributed by atoms with E-state index in [0.717, 1.165) is 13.0 Å². The van der Waals surface area contributed by atoms with Gasteiger partial charge in [0, 0.05) is 13.0 Å². The summed E-state index contributed by atoms with van der Waals surface area (Å²) in [6.45, 7) is 4.60. The lowest BCUT2D eigenvalue weighted by Gasteiger charge is -1.84. The number of halogens is 1. The number of rotatable bonds is 4. The summed E-state index contributed by atoms with van der Waals surface area (Å²) in [5, 5.41) is 7.91. The maximum absolute atomic E-state index is 9.60. The van der Waals surface area contributed by atoms with Gasteiger partial charge in [0.05, 0.1) is 0 Å². The van der Waals surface area contributed by atoms with Crippen molar-refractivity contribution in [3.63, 3.8) is 0 Å². The third-order valence-electron chi connectivity index (χ3n) is 0.745. The van der Waals surface area contributed by atoms with Crippen molar-refractivity contribution in [3.8, 4) is 0 Å². The largest absolute Gasteiger partial charge is 0.481 e. The summed E-state index contributed by atoms with van der Waals surface area (Å²) in [6.07, 6.45) is 1.02. The fourth-order valence-electron chi connectivity index (χ4n) is 0.291. The van der Waals surface area contributed by atoms with Crippen LogP contribution in [0.2, 0.25) is 0 Å². The number of hydrogen-bond donors (Lipinski definition) is 1.